The zero-order valence-electron chi connectivity index (χ0n) is 19.3. The van der Waals surface area contributed by atoms with Crippen molar-refractivity contribution in [3.63, 3.8) is 0 Å². The normalized spacial score (nSPS) is 14.7. The lowest BCUT2D eigenvalue weighted by atomic mass is 10.0. The molecular weight excluding hydrogens is 443 g/mol. The summed E-state index contributed by atoms with van der Waals surface area (Å²) in [5.41, 5.74) is 3.90. The Morgan fingerprint density at radius 3 is 2.37 bits per heavy atom. The maximum atomic E-state index is 13.6. The Balaban J connectivity index is 1.49. The van der Waals surface area contributed by atoms with Gasteiger partial charge < -0.3 is 14.8 Å². The molecule has 176 valence electrons. The number of nitrogens with zero attached hydrogens (tertiary/aromatic N) is 1. The third-order valence-electron chi connectivity index (χ3n) is 5.85. The number of ether oxygens (including phenoxy) is 2. The van der Waals surface area contributed by atoms with Crippen LogP contribution < -0.4 is 19.7 Å². The van der Waals surface area contributed by atoms with Crippen LogP contribution in [0.5, 0.6) is 11.5 Å². The van der Waals surface area contributed by atoms with Crippen LogP contribution >= 0.6 is 0 Å². The number of anilines is 2. The molecule has 1 amide bonds. The molecule has 0 radical (unpaired) electrons. The highest BCUT2D eigenvalue weighted by atomic mass is 19.1. The molecule has 4 aromatic carbocycles. The van der Waals surface area contributed by atoms with E-state index in [2.05, 4.69) is 5.32 Å². The Morgan fingerprint density at radius 2 is 1.60 bits per heavy atom. The number of para-hydroxylation sites is 2. The van der Waals surface area contributed by atoms with Crippen LogP contribution in [0.2, 0.25) is 0 Å². The third-order valence-corrected chi connectivity index (χ3v) is 5.85. The minimum Gasteiger partial charge on any atom is -0.490 e. The number of rotatable bonds is 7. The van der Waals surface area contributed by atoms with Gasteiger partial charge in [-0.25, -0.2) is 4.39 Å². The van der Waals surface area contributed by atoms with Crippen LogP contribution in [0.15, 0.2) is 97.1 Å². The van der Waals surface area contributed by atoms with Crippen LogP contribution in [0.3, 0.4) is 0 Å². The van der Waals surface area contributed by atoms with Crippen LogP contribution in [-0.2, 0) is 6.61 Å². The maximum Gasteiger partial charge on any atom is 0.262 e. The second-order valence-electron chi connectivity index (χ2n) is 8.16. The Hall–Kier alpha value is -4.32. The Bertz CT molecular complexity index is 1330. The summed E-state index contributed by atoms with van der Waals surface area (Å²) in [6, 6.07) is 29.0. The minimum atomic E-state index is -0.440. The Labute approximate surface area is 203 Å². The molecule has 0 saturated heterocycles. The summed E-state index contributed by atoms with van der Waals surface area (Å²) in [5.74, 6) is 0.791. The molecule has 1 aliphatic rings. The van der Waals surface area contributed by atoms with Crippen molar-refractivity contribution >= 4 is 17.3 Å². The molecule has 1 heterocycles. The first-order valence-electron chi connectivity index (χ1n) is 11.5. The van der Waals surface area contributed by atoms with Gasteiger partial charge in [0, 0.05) is 11.4 Å². The zero-order chi connectivity index (χ0) is 24.2. The van der Waals surface area contributed by atoms with Crippen molar-refractivity contribution in [2.24, 2.45) is 0 Å². The van der Waals surface area contributed by atoms with Gasteiger partial charge in [0.1, 0.15) is 18.6 Å². The van der Waals surface area contributed by atoms with E-state index < -0.39 is 6.17 Å². The molecule has 0 bridgehead atoms. The van der Waals surface area contributed by atoms with Crippen LogP contribution in [0.4, 0.5) is 15.8 Å². The maximum absolute atomic E-state index is 13.6. The smallest absolute Gasteiger partial charge is 0.262 e. The second kappa shape index (κ2) is 9.89. The standard InChI is InChI=1S/C29H25FN2O3/c1-2-34-27-18-21(14-17-26(27)35-19-20-12-15-22(30)16-13-20)28-31-25-11-7-6-10-24(25)29(33)32(28)23-8-4-3-5-9-23/h3-18,28,31H,2,19H2,1H3/t28-/m1/s1. The summed E-state index contributed by atoms with van der Waals surface area (Å²) >= 11 is 0. The van der Waals surface area contributed by atoms with Crippen LogP contribution in [0.1, 0.15) is 34.6 Å². The van der Waals surface area contributed by atoms with Crippen molar-refractivity contribution in [2.45, 2.75) is 19.7 Å². The predicted molar refractivity (Wildman–Crippen MR) is 134 cm³/mol. The van der Waals surface area contributed by atoms with Gasteiger partial charge in [-0.1, -0.05) is 48.5 Å². The fourth-order valence-corrected chi connectivity index (χ4v) is 4.17. The lowest BCUT2D eigenvalue weighted by Crippen LogP contribution is -2.43. The molecule has 0 aliphatic carbocycles. The van der Waals surface area contributed by atoms with Gasteiger partial charge in [0.25, 0.3) is 5.91 Å². The first kappa shape index (κ1) is 22.5. The van der Waals surface area contributed by atoms with Gasteiger partial charge in [-0.3, -0.25) is 9.69 Å². The molecule has 0 saturated carbocycles. The molecule has 5 nitrogen and oxygen atoms in total. The Kier molecular flexibility index (Phi) is 6.35. The number of halogens is 1. The summed E-state index contributed by atoms with van der Waals surface area (Å²) in [6.45, 7) is 2.65. The van der Waals surface area contributed by atoms with Crippen LogP contribution in [-0.4, -0.2) is 12.5 Å². The minimum absolute atomic E-state index is 0.0786. The van der Waals surface area contributed by atoms with E-state index in [-0.39, 0.29) is 18.3 Å². The van der Waals surface area contributed by atoms with Crippen molar-refractivity contribution < 1.29 is 18.7 Å². The summed E-state index contributed by atoms with van der Waals surface area (Å²) in [6.07, 6.45) is -0.440. The summed E-state index contributed by atoms with van der Waals surface area (Å²) in [4.78, 5) is 15.3. The van der Waals surface area contributed by atoms with Gasteiger partial charge in [0.15, 0.2) is 11.5 Å². The average Bonchev–Trinajstić information content (AvgIpc) is 2.89. The van der Waals surface area contributed by atoms with Crippen LogP contribution in [0.25, 0.3) is 0 Å². The predicted octanol–water partition coefficient (Wildman–Crippen LogP) is 6.57. The number of hydrogen-bond acceptors (Lipinski definition) is 4. The first-order valence-corrected chi connectivity index (χ1v) is 11.5. The van der Waals surface area contributed by atoms with Crippen LogP contribution in [0, 0.1) is 5.82 Å². The fraction of sp³-hybridized carbons (Fsp3) is 0.138. The highest BCUT2D eigenvalue weighted by Crippen LogP contribution is 2.39. The summed E-state index contributed by atoms with van der Waals surface area (Å²) in [7, 11) is 0. The van der Waals surface area contributed by atoms with E-state index >= 15 is 0 Å². The molecule has 1 aliphatic heterocycles. The first-order chi connectivity index (χ1) is 17.1. The molecule has 5 rings (SSSR count). The van der Waals surface area contributed by atoms with Crippen molar-refractivity contribution in [1.82, 2.24) is 0 Å². The van der Waals surface area contributed by atoms with E-state index in [0.717, 1.165) is 22.5 Å². The average molecular weight is 469 g/mol. The molecule has 0 spiro atoms. The van der Waals surface area contributed by atoms with E-state index in [0.29, 0.717) is 23.7 Å². The molecular formula is C29H25FN2O3. The van der Waals surface area contributed by atoms with E-state index in [1.807, 2.05) is 79.7 Å². The van der Waals surface area contributed by atoms with Crippen molar-refractivity contribution in [3.8, 4) is 11.5 Å². The fourth-order valence-electron chi connectivity index (χ4n) is 4.17. The van der Waals surface area contributed by atoms with Crippen molar-refractivity contribution in [1.29, 1.82) is 0 Å². The lowest BCUT2D eigenvalue weighted by molar-refractivity contribution is 0.0975. The van der Waals surface area contributed by atoms with E-state index in [9.17, 15) is 9.18 Å². The summed E-state index contributed by atoms with van der Waals surface area (Å²) in [5, 5.41) is 3.52. The molecule has 1 atom stereocenters. The third kappa shape index (κ3) is 4.68. The monoisotopic (exact) mass is 468 g/mol. The molecule has 1 N–H and O–H groups in total. The number of amides is 1. The number of hydrogen-bond donors (Lipinski definition) is 1. The molecule has 6 heteroatoms. The SMILES string of the molecule is CCOc1cc([C@@H]2Nc3ccccc3C(=O)N2c2ccccc2)ccc1OCc1ccc(F)cc1. The largest absolute Gasteiger partial charge is 0.490 e. The van der Waals surface area contributed by atoms with Crippen molar-refractivity contribution in [3.05, 3.63) is 120 Å². The van der Waals surface area contributed by atoms with Gasteiger partial charge >= 0.3 is 0 Å². The Morgan fingerprint density at radius 1 is 0.857 bits per heavy atom. The summed E-state index contributed by atoms with van der Waals surface area (Å²) < 4.78 is 25.1. The van der Waals surface area contributed by atoms with E-state index in [4.69, 9.17) is 9.47 Å². The van der Waals surface area contributed by atoms with Gasteiger partial charge in [0.2, 0.25) is 0 Å². The topological polar surface area (TPSA) is 50.8 Å². The molecule has 35 heavy (non-hydrogen) atoms. The molecule has 0 aromatic heterocycles. The zero-order valence-corrected chi connectivity index (χ0v) is 19.3. The highest BCUT2D eigenvalue weighted by Gasteiger charge is 2.34. The molecule has 4 aromatic rings. The number of nitrogens with one attached hydrogen (secondary N) is 1. The second-order valence-corrected chi connectivity index (χ2v) is 8.16. The van der Waals surface area contributed by atoms with Gasteiger partial charge in [-0.15, -0.1) is 0 Å². The van der Waals surface area contributed by atoms with Gasteiger partial charge in [0.05, 0.1) is 12.2 Å². The van der Waals surface area contributed by atoms with Gasteiger partial charge in [-0.2, -0.15) is 0 Å². The molecule has 0 fully saturated rings. The van der Waals surface area contributed by atoms with Crippen molar-refractivity contribution in [2.75, 3.05) is 16.8 Å². The molecule has 0 unspecified atom stereocenters. The number of benzene rings is 4. The quantitative estimate of drug-likeness (QED) is 0.333. The van der Waals surface area contributed by atoms with E-state index in [1.165, 1.54) is 12.1 Å². The number of fused-ring (bicyclic) bond motifs is 1. The lowest BCUT2D eigenvalue weighted by Gasteiger charge is -2.38. The van der Waals surface area contributed by atoms with Gasteiger partial charge in [-0.05, 0) is 66.6 Å². The highest BCUT2D eigenvalue weighted by molar-refractivity contribution is 6.12. The van der Waals surface area contributed by atoms with E-state index in [1.54, 1.807) is 17.0 Å². The number of carbonyl (C=O) groups excluding carboxylic acids is 1. The number of carbonyl (C=O) groups is 1.